The van der Waals surface area contributed by atoms with Crippen LogP contribution in [0.1, 0.15) is 26.7 Å². The van der Waals surface area contributed by atoms with Gasteiger partial charge in [-0.25, -0.2) is 0 Å². The van der Waals surface area contributed by atoms with Gasteiger partial charge in [0, 0.05) is 24.7 Å². The lowest BCUT2D eigenvalue weighted by Crippen LogP contribution is -2.39. The molecule has 0 saturated carbocycles. The van der Waals surface area contributed by atoms with E-state index >= 15 is 0 Å². The van der Waals surface area contributed by atoms with Crippen molar-refractivity contribution in [3.8, 4) is 11.5 Å². The first-order chi connectivity index (χ1) is 13.5. The maximum atomic E-state index is 12.3. The zero-order chi connectivity index (χ0) is 19.9. The third-order valence-corrected chi connectivity index (χ3v) is 4.32. The number of hydrogen-bond acceptors (Lipinski definition) is 4. The van der Waals surface area contributed by atoms with E-state index in [9.17, 15) is 9.59 Å². The first kappa shape index (κ1) is 19.7. The molecule has 2 aromatic rings. The Hall–Kier alpha value is -3.02. The van der Waals surface area contributed by atoms with Gasteiger partial charge in [-0.1, -0.05) is 32.0 Å². The van der Waals surface area contributed by atoms with E-state index in [1.165, 1.54) is 0 Å². The minimum absolute atomic E-state index is 0.00403. The van der Waals surface area contributed by atoms with E-state index in [1.54, 1.807) is 17.0 Å². The third-order valence-electron chi connectivity index (χ3n) is 4.32. The van der Waals surface area contributed by atoms with Crippen LogP contribution >= 0.6 is 0 Å². The molecule has 1 aliphatic rings. The van der Waals surface area contributed by atoms with Gasteiger partial charge in [0.2, 0.25) is 5.91 Å². The quantitative estimate of drug-likeness (QED) is 0.704. The summed E-state index contributed by atoms with van der Waals surface area (Å²) in [4.78, 5) is 26.0. The molecule has 0 atom stereocenters. The summed E-state index contributed by atoms with van der Waals surface area (Å²) in [5.74, 6) is 1.60. The second kappa shape index (κ2) is 9.26. The Morgan fingerprint density at radius 3 is 2.75 bits per heavy atom. The van der Waals surface area contributed by atoms with Crippen molar-refractivity contribution < 1.29 is 19.1 Å². The van der Waals surface area contributed by atoms with Crippen molar-refractivity contribution in [2.75, 3.05) is 30.0 Å². The van der Waals surface area contributed by atoms with Crippen molar-refractivity contribution in [1.82, 2.24) is 0 Å². The second-order valence-corrected chi connectivity index (χ2v) is 7.18. The number of rotatable bonds is 8. The van der Waals surface area contributed by atoms with E-state index in [0.717, 1.165) is 11.4 Å². The van der Waals surface area contributed by atoms with Gasteiger partial charge in [0.25, 0.3) is 5.91 Å². The Labute approximate surface area is 165 Å². The number of carbonyl (C=O) groups excluding carboxylic acids is 2. The van der Waals surface area contributed by atoms with Crippen molar-refractivity contribution in [1.29, 1.82) is 0 Å². The summed E-state index contributed by atoms with van der Waals surface area (Å²) in [6.45, 7) is 5.06. The minimum atomic E-state index is -0.0798. The summed E-state index contributed by atoms with van der Waals surface area (Å²) in [7, 11) is 0. The standard InChI is InChI=1S/C22H26N2O4/c1-16(2)13-21(25)23-17-9-10-19-20(14-17)28-15-22(26)24(19)11-6-12-27-18-7-4-3-5-8-18/h3-5,7-10,14,16H,6,11-13,15H2,1-2H3,(H,23,25). The molecular weight excluding hydrogens is 356 g/mol. The van der Waals surface area contributed by atoms with Gasteiger partial charge in [0.1, 0.15) is 11.5 Å². The van der Waals surface area contributed by atoms with E-state index in [0.29, 0.717) is 43.3 Å². The van der Waals surface area contributed by atoms with Crippen molar-refractivity contribution in [3.63, 3.8) is 0 Å². The zero-order valence-corrected chi connectivity index (χ0v) is 16.3. The molecule has 0 radical (unpaired) electrons. The fraction of sp³-hybridized carbons (Fsp3) is 0.364. The molecule has 0 spiro atoms. The lowest BCUT2D eigenvalue weighted by molar-refractivity contribution is -0.121. The van der Waals surface area contributed by atoms with E-state index in [2.05, 4.69) is 5.32 Å². The lowest BCUT2D eigenvalue weighted by Gasteiger charge is -2.29. The Morgan fingerprint density at radius 1 is 1.21 bits per heavy atom. The van der Waals surface area contributed by atoms with Crippen LogP contribution in [-0.4, -0.2) is 31.6 Å². The number of nitrogens with zero attached hydrogens (tertiary/aromatic N) is 1. The molecular formula is C22H26N2O4. The molecule has 0 aliphatic carbocycles. The van der Waals surface area contributed by atoms with E-state index < -0.39 is 0 Å². The maximum absolute atomic E-state index is 12.3. The van der Waals surface area contributed by atoms with Crippen LogP contribution in [0.2, 0.25) is 0 Å². The van der Waals surface area contributed by atoms with Gasteiger partial charge in [-0.15, -0.1) is 0 Å². The van der Waals surface area contributed by atoms with E-state index in [4.69, 9.17) is 9.47 Å². The summed E-state index contributed by atoms with van der Waals surface area (Å²) in [5, 5.41) is 2.88. The number of benzene rings is 2. The van der Waals surface area contributed by atoms with Crippen molar-refractivity contribution in [2.45, 2.75) is 26.7 Å². The van der Waals surface area contributed by atoms with Crippen molar-refractivity contribution >= 4 is 23.2 Å². The van der Waals surface area contributed by atoms with Crippen LogP contribution in [-0.2, 0) is 9.59 Å². The molecule has 1 heterocycles. The van der Waals surface area contributed by atoms with Crippen molar-refractivity contribution in [2.24, 2.45) is 5.92 Å². The Morgan fingerprint density at radius 2 is 2.00 bits per heavy atom. The first-order valence-corrected chi connectivity index (χ1v) is 9.58. The average molecular weight is 382 g/mol. The number of anilines is 2. The van der Waals surface area contributed by atoms with Crippen LogP contribution in [0.15, 0.2) is 48.5 Å². The normalized spacial score (nSPS) is 13.1. The number of carbonyl (C=O) groups is 2. The molecule has 2 aromatic carbocycles. The predicted octanol–water partition coefficient (Wildman–Crippen LogP) is 3.87. The maximum Gasteiger partial charge on any atom is 0.265 e. The third kappa shape index (κ3) is 5.25. The van der Waals surface area contributed by atoms with Crippen LogP contribution in [0.4, 0.5) is 11.4 Å². The fourth-order valence-electron chi connectivity index (χ4n) is 3.04. The monoisotopic (exact) mass is 382 g/mol. The fourth-order valence-corrected chi connectivity index (χ4v) is 3.04. The molecule has 28 heavy (non-hydrogen) atoms. The number of fused-ring (bicyclic) bond motifs is 1. The van der Waals surface area contributed by atoms with E-state index in [-0.39, 0.29) is 18.4 Å². The molecule has 0 saturated heterocycles. The highest BCUT2D eigenvalue weighted by Crippen LogP contribution is 2.34. The molecule has 1 aliphatic heterocycles. The van der Waals surface area contributed by atoms with Crippen molar-refractivity contribution in [3.05, 3.63) is 48.5 Å². The first-order valence-electron chi connectivity index (χ1n) is 9.58. The summed E-state index contributed by atoms with van der Waals surface area (Å²) in [6.07, 6.45) is 1.16. The Kier molecular flexibility index (Phi) is 6.53. The number of hydrogen-bond donors (Lipinski definition) is 1. The predicted molar refractivity (Wildman–Crippen MR) is 109 cm³/mol. The van der Waals surface area contributed by atoms with Gasteiger partial charge in [-0.05, 0) is 36.6 Å². The summed E-state index contributed by atoms with van der Waals surface area (Å²) < 4.78 is 11.3. The van der Waals surface area contributed by atoms with Gasteiger partial charge in [-0.3, -0.25) is 9.59 Å². The largest absolute Gasteiger partial charge is 0.494 e. The molecule has 0 aromatic heterocycles. The lowest BCUT2D eigenvalue weighted by atomic mass is 10.1. The molecule has 0 fully saturated rings. The Bertz CT molecular complexity index is 821. The van der Waals surface area contributed by atoms with Gasteiger partial charge in [0.15, 0.2) is 6.61 Å². The molecule has 3 rings (SSSR count). The van der Waals surface area contributed by atoms with Gasteiger partial charge < -0.3 is 19.7 Å². The second-order valence-electron chi connectivity index (χ2n) is 7.18. The highest BCUT2D eigenvalue weighted by molar-refractivity contribution is 5.99. The number of ether oxygens (including phenoxy) is 2. The molecule has 6 heteroatoms. The van der Waals surface area contributed by atoms with E-state index in [1.807, 2.05) is 50.2 Å². The van der Waals surface area contributed by atoms with Crippen LogP contribution in [0.5, 0.6) is 11.5 Å². The van der Waals surface area contributed by atoms with Gasteiger partial charge in [-0.2, -0.15) is 0 Å². The minimum Gasteiger partial charge on any atom is -0.494 e. The molecule has 2 amide bonds. The van der Waals surface area contributed by atoms with Gasteiger partial charge in [0.05, 0.1) is 12.3 Å². The van der Waals surface area contributed by atoms with Crippen LogP contribution in [0, 0.1) is 5.92 Å². The summed E-state index contributed by atoms with van der Waals surface area (Å²) >= 11 is 0. The summed E-state index contributed by atoms with van der Waals surface area (Å²) in [6, 6.07) is 15.0. The van der Waals surface area contributed by atoms with Crippen LogP contribution in [0.25, 0.3) is 0 Å². The highest BCUT2D eigenvalue weighted by atomic mass is 16.5. The smallest absolute Gasteiger partial charge is 0.265 e. The number of amides is 2. The average Bonchev–Trinajstić information content (AvgIpc) is 2.66. The van der Waals surface area contributed by atoms with Gasteiger partial charge >= 0.3 is 0 Å². The molecule has 6 nitrogen and oxygen atoms in total. The molecule has 1 N–H and O–H groups in total. The van der Waals surface area contributed by atoms with Crippen LogP contribution < -0.4 is 19.7 Å². The molecule has 148 valence electrons. The number of nitrogens with one attached hydrogen (secondary N) is 1. The molecule has 0 bridgehead atoms. The SMILES string of the molecule is CC(C)CC(=O)Nc1ccc2c(c1)OCC(=O)N2CCCOc1ccccc1. The highest BCUT2D eigenvalue weighted by Gasteiger charge is 2.25. The summed E-state index contributed by atoms with van der Waals surface area (Å²) in [5.41, 5.74) is 1.39. The number of para-hydroxylation sites is 1. The van der Waals surface area contributed by atoms with Crippen LogP contribution in [0.3, 0.4) is 0 Å². The molecule has 0 unspecified atom stereocenters. The Balaban J connectivity index is 1.59. The zero-order valence-electron chi connectivity index (χ0n) is 16.3. The topological polar surface area (TPSA) is 67.9 Å².